The molecule has 0 amide bonds. The topological polar surface area (TPSA) is 74.4 Å². The molecular weight excluding hydrogens is 336 g/mol. The monoisotopic (exact) mass is 362 g/mol. The number of nitrogen functional groups attached to an aromatic ring is 1. The van der Waals surface area contributed by atoms with Crippen LogP contribution < -0.4 is 5.73 Å². The number of pyridine rings is 1. The molecule has 0 spiro atoms. The van der Waals surface area contributed by atoms with E-state index in [9.17, 15) is 4.79 Å². The molecule has 0 aromatic carbocycles. The summed E-state index contributed by atoms with van der Waals surface area (Å²) in [5, 5.41) is 0.929. The van der Waals surface area contributed by atoms with Crippen LogP contribution in [0.25, 0.3) is 10.1 Å². The highest BCUT2D eigenvalue weighted by Gasteiger charge is 2.32. The number of carbonyl (C=O) groups excluding carboxylic acids is 1. The van der Waals surface area contributed by atoms with Gasteiger partial charge in [0.25, 0.3) is 0 Å². The number of rotatable bonds is 4. The summed E-state index contributed by atoms with van der Waals surface area (Å²) in [7, 11) is 0. The molecule has 0 saturated carbocycles. The highest BCUT2D eigenvalue weighted by atomic mass is 32.1. The van der Waals surface area contributed by atoms with Crippen molar-refractivity contribution in [3.8, 4) is 0 Å². The molecule has 6 heteroatoms. The number of esters is 1. The third kappa shape index (κ3) is 3.37. The van der Waals surface area contributed by atoms with E-state index >= 15 is 0 Å². The zero-order valence-electron chi connectivity index (χ0n) is 15.6. The van der Waals surface area contributed by atoms with Crippen molar-refractivity contribution in [3.05, 3.63) is 21.8 Å². The number of aromatic nitrogens is 1. The molecule has 2 aromatic heterocycles. The minimum atomic E-state index is -0.350. The van der Waals surface area contributed by atoms with Crippen molar-refractivity contribution >= 4 is 33.1 Å². The van der Waals surface area contributed by atoms with E-state index in [0.717, 1.165) is 39.9 Å². The van der Waals surface area contributed by atoms with Crippen molar-refractivity contribution in [1.82, 2.24) is 4.98 Å². The first-order chi connectivity index (χ1) is 11.7. The van der Waals surface area contributed by atoms with E-state index in [1.54, 1.807) is 6.92 Å². The second-order valence-corrected chi connectivity index (χ2v) is 8.60. The van der Waals surface area contributed by atoms with Crippen LogP contribution in [0.3, 0.4) is 0 Å². The molecule has 136 valence electrons. The van der Waals surface area contributed by atoms with Gasteiger partial charge in [-0.1, -0.05) is 13.8 Å². The van der Waals surface area contributed by atoms with Gasteiger partial charge in [-0.3, -0.25) is 4.98 Å². The normalized spacial score (nSPS) is 16.2. The Balaban J connectivity index is 2.25. The van der Waals surface area contributed by atoms with Crippen LogP contribution in [0.1, 0.15) is 61.2 Å². The molecule has 25 heavy (non-hydrogen) atoms. The molecule has 3 heterocycles. The summed E-state index contributed by atoms with van der Waals surface area (Å²) in [6, 6.07) is 0. The minimum absolute atomic E-state index is 0.246. The van der Waals surface area contributed by atoms with Gasteiger partial charge in [0.1, 0.15) is 4.88 Å². The average molecular weight is 362 g/mol. The molecule has 3 rings (SSSR count). The van der Waals surface area contributed by atoms with E-state index in [-0.39, 0.29) is 11.6 Å². The molecule has 0 aliphatic carbocycles. The van der Waals surface area contributed by atoms with E-state index < -0.39 is 0 Å². The van der Waals surface area contributed by atoms with E-state index in [0.29, 0.717) is 29.7 Å². The van der Waals surface area contributed by atoms with Gasteiger partial charge in [-0.2, -0.15) is 0 Å². The Morgan fingerprint density at radius 1 is 1.44 bits per heavy atom. The van der Waals surface area contributed by atoms with Gasteiger partial charge in [-0.15, -0.1) is 11.3 Å². The fraction of sp³-hybridized carbons (Fsp3) is 0.579. The van der Waals surface area contributed by atoms with Gasteiger partial charge < -0.3 is 15.2 Å². The Kier molecular flexibility index (Phi) is 4.77. The molecule has 0 unspecified atom stereocenters. The lowest BCUT2D eigenvalue weighted by atomic mass is 9.92. The SMILES string of the molecule is CCOC(=O)c1sc2c3c(nc(CC(C)C)c2c1N)COC(C)(C)C3. The largest absolute Gasteiger partial charge is 0.462 e. The maximum atomic E-state index is 12.3. The first-order valence-corrected chi connectivity index (χ1v) is 9.58. The molecule has 0 fully saturated rings. The fourth-order valence-electron chi connectivity index (χ4n) is 3.29. The van der Waals surface area contributed by atoms with Gasteiger partial charge in [0.05, 0.1) is 35.9 Å². The quantitative estimate of drug-likeness (QED) is 0.829. The summed E-state index contributed by atoms with van der Waals surface area (Å²) in [5.41, 5.74) is 9.73. The molecular formula is C19H26N2O3S. The Hall–Kier alpha value is -1.66. The van der Waals surface area contributed by atoms with Crippen LogP contribution in [0.5, 0.6) is 0 Å². The Bertz CT molecular complexity index is 824. The molecule has 2 aromatic rings. The lowest BCUT2D eigenvalue weighted by Crippen LogP contribution is -2.32. The van der Waals surface area contributed by atoms with Crippen molar-refractivity contribution in [1.29, 1.82) is 0 Å². The number of nitrogens with zero attached hydrogens (tertiary/aromatic N) is 1. The van der Waals surface area contributed by atoms with Crippen LogP contribution in [0.15, 0.2) is 0 Å². The van der Waals surface area contributed by atoms with Crippen molar-refractivity contribution in [2.24, 2.45) is 5.92 Å². The number of hydrogen-bond acceptors (Lipinski definition) is 6. The van der Waals surface area contributed by atoms with Crippen molar-refractivity contribution < 1.29 is 14.3 Å². The Labute approximate surface area is 152 Å². The third-order valence-corrected chi connectivity index (χ3v) is 5.64. The maximum absolute atomic E-state index is 12.3. The van der Waals surface area contributed by atoms with Crippen LogP contribution >= 0.6 is 11.3 Å². The van der Waals surface area contributed by atoms with Crippen LogP contribution in [-0.4, -0.2) is 23.2 Å². The average Bonchev–Trinajstić information content (AvgIpc) is 2.86. The second kappa shape index (κ2) is 6.57. The highest BCUT2D eigenvalue weighted by molar-refractivity contribution is 7.21. The predicted octanol–water partition coefficient (Wildman–Crippen LogP) is 4.11. The van der Waals surface area contributed by atoms with E-state index in [1.807, 2.05) is 0 Å². The maximum Gasteiger partial charge on any atom is 0.350 e. The van der Waals surface area contributed by atoms with E-state index in [4.69, 9.17) is 20.2 Å². The van der Waals surface area contributed by atoms with Gasteiger partial charge >= 0.3 is 5.97 Å². The molecule has 0 radical (unpaired) electrons. The summed E-state index contributed by atoms with van der Waals surface area (Å²) >= 11 is 1.43. The van der Waals surface area contributed by atoms with Gasteiger partial charge in [0.2, 0.25) is 0 Å². The molecule has 0 saturated heterocycles. The molecule has 0 atom stereocenters. The van der Waals surface area contributed by atoms with Gasteiger partial charge in [0.15, 0.2) is 0 Å². The second-order valence-electron chi connectivity index (χ2n) is 7.58. The fourth-order valence-corrected chi connectivity index (χ4v) is 4.49. The van der Waals surface area contributed by atoms with Crippen molar-refractivity contribution in [3.63, 3.8) is 0 Å². The van der Waals surface area contributed by atoms with Crippen LogP contribution in [0, 0.1) is 5.92 Å². The number of ether oxygens (including phenoxy) is 2. The van der Waals surface area contributed by atoms with Crippen LogP contribution in [-0.2, 0) is 28.9 Å². The van der Waals surface area contributed by atoms with Gasteiger partial charge in [0, 0.05) is 16.5 Å². The van der Waals surface area contributed by atoms with Gasteiger partial charge in [-0.05, 0) is 38.7 Å². The summed E-state index contributed by atoms with van der Waals surface area (Å²) < 4.78 is 12.2. The van der Waals surface area contributed by atoms with E-state index in [2.05, 4.69) is 27.7 Å². The lowest BCUT2D eigenvalue weighted by molar-refractivity contribution is -0.0415. The van der Waals surface area contributed by atoms with Crippen LogP contribution in [0.4, 0.5) is 5.69 Å². The number of hydrogen-bond donors (Lipinski definition) is 1. The van der Waals surface area contributed by atoms with Crippen molar-refractivity contribution in [2.75, 3.05) is 12.3 Å². The summed E-state index contributed by atoms with van der Waals surface area (Å²) in [5.74, 6) is 0.0943. The summed E-state index contributed by atoms with van der Waals surface area (Å²) in [6.45, 7) is 11.1. The predicted molar refractivity (Wildman–Crippen MR) is 101 cm³/mol. The van der Waals surface area contributed by atoms with Gasteiger partial charge in [-0.25, -0.2) is 4.79 Å². The molecule has 1 aliphatic heterocycles. The molecule has 1 aliphatic rings. The third-order valence-electron chi connectivity index (χ3n) is 4.39. The first-order valence-electron chi connectivity index (χ1n) is 8.77. The highest BCUT2D eigenvalue weighted by Crippen LogP contribution is 2.42. The Morgan fingerprint density at radius 2 is 2.16 bits per heavy atom. The standard InChI is InChI=1S/C19H26N2O3S/c1-6-23-18(22)17-15(20)14-12(7-10(2)3)21-13-9-24-19(4,5)8-11(13)16(14)25-17/h10H,6-9,20H2,1-5H3. The number of carbonyl (C=O) groups is 1. The number of nitrogens with two attached hydrogens (primary N) is 1. The molecule has 5 nitrogen and oxygen atoms in total. The minimum Gasteiger partial charge on any atom is -0.462 e. The number of anilines is 1. The zero-order valence-corrected chi connectivity index (χ0v) is 16.4. The Morgan fingerprint density at radius 3 is 2.80 bits per heavy atom. The lowest BCUT2D eigenvalue weighted by Gasteiger charge is -2.32. The van der Waals surface area contributed by atoms with Crippen LogP contribution in [0.2, 0.25) is 0 Å². The zero-order chi connectivity index (χ0) is 18.4. The smallest absolute Gasteiger partial charge is 0.350 e. The summed E-state index contributed by atoms with van der Waals surface area (Å²) in [4.78, 5) is 17.7. The van der Waals surface area contributed by atoms with Crippen molar-refractivity contribution in [2.45, 2.75) is 59.7 Å². The number of thiophene rings is 1. The first kappa shape index (κ1) is 18.1. The van der Waals surface area contributed by atoms with E-state index in [1.165, 1.54) is 11.3 Å². The molecule has 0 bridgehead atoms. The molecule has 2 N–H and O–H groups in total. The number of fused-ring (bicyclic) bond motifs is 3. The summed E-state index contributed by atoms with van der Waals surface area (Å²) in [6.07, 6.45) is 1.58.